The Hall–Kier alpha value is -3.46. The molecule has 4 aromatic carbocycles. The molecule has 0 amide bonds. The molecule has 3 aliphatic heterocycles. The average molecular weight is 740 g/mol. The van der Waals surface area contributed by atoms with Gasteiger partial charge in [0.1, 0.15) is 0 Å². The van der Waals surface area contributed by atoms with Gasteiger partial charge in [-0.2, -0.15) is 25.4 Å². The molecule has 4 aromatic rings. The van der Waals surface area contributed by atoms with Crippen molar-refractivity contribution in [3.05, 3.63) is 124 Å². The molecule has 10 nitrogen and oxygen atoms in total. The molecule has 1 fully saturated rings. The number of piperazine rings is 1. The van der Waals surface area contributed by atoms with Crippen LogP contribution in [-0.4, -0.2) is 65.7 Å². The van der Waals surface area contributed by atoms with Crippen LogP contribution in [0.15, 0.2) is 102 Å². The number of hydrogen-bond acceptors (Lipinski definition) is 6. The Morgan fingerprint density at radius 1 is 0.596 bits per heavy atom. The molecule has 1 N–H and O–H groups in total. The number of rotatable bonds is 5. The second-order valence-corrected chi connectivity index (χ2v) is 16.5. The lowest BCUT2D eigenvalue weighted by Crippen LogP contribution is -2.47. The van der Waals surface area contributed by atoms with Gasteiger partial charge in [0, 0.05) is 74.7 Å². The Morgan fingerprint density at radius 2 is 1.04 bits per heavy atom. The van der Waals surface area contributed by atoms with Crippen LogP contribution in [-0.2, 0) is 46.6 Å². The van der Waals surface area contributed by atoms with E-state index in [0.717, 1.165) is 70.0 Å². The molecule has 0 saturated carbocycles. The number of hydrogen-bond donors (Lipinski definition) is 1. The predicted molar refractivity (Wildman–Crippen MR) is 192 cm³/mol. The first kappa shape index (κ1) is 33.4. The first-order valence-electron chi connectivity index (χ1n) is 15.5. The van der Waals surface area contributed by atoms with Crippen molar-refractivity contribution in [3.8, 4) is 0 Å². The third kappa shape index (κ3) is 6.92. The van der Waals surface area contributed by atoms with Crippen LogP contribution < -0.4 is 18.8 Å². The van der Waals surface area contributed by atoms with Crippen LogP contribution in [0, 0.1) is 0 Å². The molecule has 3 aliphatic rings. The molecule has 0 aromatic heterocycles. The van der Waals surface area contributed by atoms with E-state index in [1.165, 1.54) is 17.2 Å². The van der Waals surface area contributed by atoms with Crippen molar-refractivity contribution in [1.82, 2.24) is 13.9 Å². The SMILES string of the molecule is CN1Cc2c(Br)cccc2N(Cc2ccccc2)S1(=O)=O.CN1Cc2c(N3CCNCC3)cccc2N(Cc2ccccc2)S1(=O)=O. The summed E-state index contributed by atoms with van der Waals surface area (Å²) in [6.45, 7) is 5.23. The summed E-state index contributed by atoms with van der Waals surface area (Å²) in [6, 6.07) is 31.0. The number of benzene rings is 4. The summed E-state index contributed by atoms with van der Waals surface area (Å²) in [4.78, 5) is 2.35. The number of nitrogens with zero attached hydrogens (tertiary/aromatic N) is 5. The van der Waals surface area contributed by atoms with E-state index in [0.29, 0.717) is 26.2 Å². The van der Waals surface area contributed by atoms with Gasteiger partial charge in [-0.1, -0.05) is 88.7 Å². The van der Waals surface area contributed by atoms with Gasteiger partial charge in [0.2, 0.25) is 0 Å². The van der Waals surface area contributed by atoms with Crippen LogP contribution in [0.3, 0.4) is 0 Å². The van der Waals surface area contributed by atoms with Crippen LogP contribution in [0.2, 0.25) is 0 Å². The first-order valence-corrected chi connectivity index (χ1v) is 19.1. The summed E-state index contributed by atoms with van der Waals surface area (Å²) in [5.41, 5.74) is 6.69. The minimum atomic E-state index is -3.53. The number of fused-ring (bicyclic) bond motifs is 2. The van der Waals surface area contributed by atoms with E-state index >= 15 is 0 Å². The van der Waals surface area contributed by atoms with Crippen molar-refractivity contribution in [1.29, 1.82) is 0 Å². The predicted octanol–water partition coefficient (Wildman–Crippen LogP) is 4.94. The summed E-state index contributed by atoms with van der Waals surface area (Å²) < 4.78 is 58.0. The monoisotopic (exact) mass is 738 g/mol. The molecular formula is C34H39BrN6O4S2. The fourth-order valence-electron chi connectivity index (χ4n) is 6.12. The Balaban J connectivity index is 0.000000168. The zero-order valence-electron chi connectivity index (χ0n) is 26.5. The van der Waals surface area contributed by atoms with Crippen molar-refractivity contribution in [2.75, 3.05) is 53.8 Å². The maximum Gasteiger partial charge on any atom is 0.304 e. The normalized spacial score (nSPS) is 18.9. The molecule has 0 atom stereocenters. The maximum atomic E-state index is 13.0. The third-order valence-corrected chi connectivity index (χ3v) is 13.0. The standard InChI is InChI=1S/C19H24N4O2S.C15H15BrN2O2S/c1-21-15-17-18(22-12-10-20-11-13-22)8-5-9-19(17)23(26(21,24)25)14-16-6-3-2-4-7-16;1-17-11-13-14(16)8-5-9-15(13)18(21(17,19)20)10-12-6-3-2-4-7-12/h2-9,20H,10-15H2,1H3;2-9H,10-11H2,1H3. The van der Waals surface area contributed by atoms with Gasteiger partial charge >= 0.3 is 20.4 Å². The summed E-state index contributed by atoms with van der Waals surface area (Å²) in [5, 5.41) is 3.37. The largest absolute Gasteiger partial charge is 0.369 e. The maximum absolute atomic E-state index is 13.0. The molecule has 3 heterocycles. The van der Waals surface area contributed by atoms with Crippen molar-refractivity contribution in [2.24, 2.45) is 0 Å². The van der Waals surface area contributed by atoms with Gasteiger partial charge in [-0.15, -0.1) is 0 Å². The lowest BCUT2D eigenvalue weighted by molar-refractivity contribution is 0.452. The molecule has 1 saturated heterocycles. The van der Waals surface area contributed by atoms with Crippen LogP contribution in [0.25, 0.3) is 0 Å². The third-order valence-electron chi connectivity index (χ3n) is 8.66. The fourth-order valence-corrected chi connectivity index (χ4v) is 9.33. The second kappa shape index (κ2) is 14.0. The Morgan fingerprint density at radius 3 is 1.57 bits per heavy atom. The number of halogens is 1. The van der Waals surface area contributed by atoms with Crippen molar-refractivity contribution >= 4 is 53.4 Å². The quantitative estimate of drug-likeness (QED) is 0.312. The van der Waals surface area contributed by atoms with Crippen LogP contribution in [0.1, 0.15) is 22.3 Å². The summed E-state index contributed by atoms with van der Waals surface area (Å²) >= 11 is 3.51. The molecule has 13 heteroatoms. The van der Waals surface area contributed by atoms with Gasteiger partial charge in [-0.05, 0) is 35.4 Å². The smallest absolute Gasteiger partial charge is 0.304 e. The minimum Gasteiger partial charge on any atom is -0.369 e. The minimum absolute atomic E-state index is 0.330. The molecule has 0 radical (unpaired) electrons. The molecule has 0 unspecified atom stereocenters. The molecular weight excluding hydrogens is 700 g/mol. The Kier molecular flexibility index (Phi) is 9.93. The van der Waals surface area contributed by atoms with E-state index in [-0.39, 0.29) is 0 Å². The summed E-state index contributed by atoms with van der Waals surface area (Å²) in [6.07, 6.45) is 0. The molecule has 47 heavy (non-hydrogen) atoms. The lowest BCUT2D eigenvalue weighted by Gasteiger charge is -2.39. The number of nitrogens with one attached hydrogen (secondary N) is 1. The van der Waals surface area contributed by atoms with Gasteiger partial charge in [-0.25, -0.2) is 0 Å². The van der Waals surface area contributed by atoms with E-state index in [9.17, 15) is 16.8 Å². The highest BCUT2D eigenvalue weighted by atomic mass is 79.9. The van der Waals surface area contributed by atoms with Crippen LogP contribution in [0.4, 0.5) is 17.1 Å². The Labute approximate surface area is 286 Å². The second-order valence-electron chi connectivity index (χ2n) is 11.8. The Bertz CT molecular complexity index is 1920. The highest BCUT2D eigenvalue weighted by Gasteiger charge is 2.37. The highest BCUT2D eigenvalue weighted by molar-refractivity contribution is 9.10. The van der Waals surface area contributed by atoms with Gasteiger partial charge in [0.25, 0.3) is 0 Å². The number of anilines is 3. The van der Waals surface area contributed by atoms with Gasteiger partial charge in [0.05, 0.1) is 24.5 Å². The zero-order chi connectivity index (χ0) is 33.2. The molecule has 248 valence electrons. The summed E-state index contributed by atoms with van der Waals surface area (Å²) in [5.74, 6) is 0. The molecule has 0 spiro atoms. The van der Waals surface area contributed by atoms with Crippen molar-refractivity contribution in [2.45, 2.75) is 26.2 Å². The van der Waals surface area contributed by atoms with Gasteiger partial charge in [0.15, 0.2) is 0 Å². The first-order chi connectivity index (χ1) is 22.6. The van der Waals surface area contributed by atoms with Crippen molar-refractivity contribution < 1.29 is 16.8 Å². The fraction of sp³-hybridized carbons (Fsp3) is 0.294. The van der Waals surface area contributed by atoms with E-state index in [4.69, 9.17) is 0 Å². The molecule has 0 aliphatic carbocycles. The van der Waals surface area contributed by atoms with E-state index in [1.807, 2.05) is 91.0 Å². The van der Waals surface area contributed by atoms with E-state index in [1.54, 1.807) is 14.1 Å². The highest BCUT2D eigenvalue weighted by Crippen LogP contribution is 2.39. The topological polar surface area (TPSA) is 96.5 Å². The van der Waals surface area contributed by atoms with Crippen LogP contribution >= 0.6 is 15.9 Å². The zero-order valence-corrected chi connectivity index (χ0v) is 29.7. The molecule has 0 bridgehead atoms. The van der Waals surface area contributed by atoms with Crippen LogP contribution in [0.5, 0.6) is 0 Å². The van der Waals surface area contributed by atoms with Crippen molar-refractivity contribution in [3.63, 3.8) is 0 Å². The summed E-state index contributed by atoms with van der Waals surface area (Å²) in [7, 11) is -3.75. The van der Waals surface area contributed by atoms with E-state index in [2.05, 4.69) is 32.2 Å². The van der Waals surface area contributed by atoms with Gasteiger partial charge < -0.3 is 10.2 Å². The molecule has 7 rings (SSSR count). The van der Waals surface area contributed by atoms with E-state index < -0.39 is 20.4 Å². The van der Waals surface area contributed by atoms with Gasteiger partial charge in [-0.3, -0.25) is 8.61 Å². The average Bonchev–Trinajstić information content (AvgIpc) is 3.08. The lowest BCUT2D eigenvalue weighted by atomic mass is 10.1.